The van der Waals surface area contributed by atoms with Gasteiger partial charge in [0.25, 0.3) is 0 Å². The van der Waals surface area contributed by atoms with Crippen LogP contribution >= 0.6 is 0 Å². The third kappa shape index (κ3) is 4.39. The van der Waals surface area contributed by atoms with Crippen LogP contribution in [0, 0.1) is 0 Å². The lowest BCUT2D eigenvalue weighted by Crippen LogP contribution is -2.40. The number of carboxylic acids is 1. The predicted octanol–water partition coefficient (Wildman–Crippen LogP) is 0.768. The van der Waals surface area contributed by atoms with E-state index in [-0.39, 0.29) is 12.1 Å². The summed E-state index contributed by atoms with van der Waals surface area (Å²) in [4.78, 5) is 10.4. The van der Waals surface area contributed by atoms with Crippen LogP contribution in [0.2, 0.25) is 0 Å². The van der Waals surface area contributed by atoms with Gasteiger partial charge in [-0.2, -0.15) is 0 Å². The Kier molecular flexibility index (Phi) is 5.42. The molecule has 0 unspecified atom stereocenters. The molecule has 0 fully saturated rings. The molecule has 0 aliphatic rings. The average Bonchev–Trinajstić information content (AvgIpc) is 2.17. The van der Waals surface area contributed by atoms with Crippen LogP contribution in [0.15, 0.2) is 12.2 Å². The van der Waals surface area contributed by atoms with E-state index in [1.165, 1.54) is 0 Å². The van der Waals surface area contributed by atoms with Gasteiger partial charge in [0.1, 0.15) is 0 Å². The highest BCUT2D eigenvalue weighted by Crippen LogP contribution is 2.12. The number of carboxylic acid groups (broad SMARTS) is 1. The van der Waals surface area contributed by atoms with Gasteiger partial charge in [0.15, 0.2) is 0 Å². The van der Waals surface area contributed by atoms with Gasteiger partial charge in [0, 0.05) is 18.7 Å². The Hall–Kier alpha value is -0.870. The molecule has 0 bridgehead atoms. The second-order valence-corrected chi connectivity index (χ2v) is 3.44. The molecule has 0 spiro atoms. The summed E-state index contributed by atoms with van der Waals surface area (Å²) in [5, 5.41) is 21.2. The Balaban J connectivity index is 3.83. The largest absolute Gasteiger partial charge is 0.478 e. The number of rotatable bonds is 7. The summed E-state index contributed by atoms with van der Waals surface area (Å²) in [6.07, 6.45) is 1.30. The SMILES string of the molecule is C=C(CNCC(O)(CC)CC)C(=O)O. The minimum absolute atomic E-state index is 0.111. The van der Waals surface area contributed by atoms with Crippen molar-refractivity contribution in [1.29, 1.82) is 0 Å². The highest BCUT2D eigenvalue weighted by atomic mass is 16.4. The van der Waals surface area contributed by atoms with Crippen LogP contribution in [0.25, 0.3) is 0 Å². The van der Waals surface area contributed by atoms with Gasteiger partial charge >= 0.3 is 5.97 Å². The van der Waals surface area contributed by atoms with Gasteiger partial charge in [-0.15, -0.1) is 0 Å². The number of aliphatic carboxylic acids is 1. The predicted molar refractivity (Wildman–Crippen MR) is 55.2 cm³/mol. The van der Waals surface area contributed by atoms with Crippen LogP contribution in [0.3, 0.4) is 0 Å². The van der Waals surface area contributed by atoms with Crippen molar-refractivity contribution in [3.63, 3.8) is 0 Å². The first-order valence-corrected chi connectivity index (χ1v) is 4.79. The van der Waals surface area contributed by atoms with Gasteiger partial charge in [-0.25, -0.2) is 4.79 Å². The first kappa shape index (κ1) is 13.1. The molecule has 4 heteroatoms. The van der Waals surface area contributed by atoms with E-state index in [1.54, 1.807) is 0 Å². The van der Waals surface area contributed by atoms with E-state index in [2.05, 4.69) is 11.9 Å². The molecule has 0 aromatic rings. The Morgan fingerprint density at radius 2 is 1.93 bits per heavy atom. The third-order valence-electron chi connectivity index (χ3n) is 2.41. The smallest absolute Gasteiger partial charge is 0.332 e. The number of carbonyl (C=O) groups is 1. The maximum absolute atomic E-state index is 10.4. The molecule has 0 aliphatic carbocycles. The van der Waals surface area contributed by atoms with Crippen molar-refractivity contribution >= 4 is 5.97 Å². The summed E-state index contributed by atoms with van der Waals surface area (Å²) in [6, 6.07) is 0. The summed E-state index contributed by atoms with van der Waals surface area (Å²) in [7, 11) is 0. The van der Waals surface area contributed by atoms with Crippen molar-refractivity contribution in [2.75, 3.05) is 13.1 Å². The van der Waals surface area contributed by atoms with E-state index in [1.807, 2.05) is 13.8 Å². The van der Waals surface area contributed by atoms with Gasteiger partial charge in [0.05, 0.1) is 5.60 Å². The molecular weight excluding hydrogens is 182 g/mol. The molecule has 0 heterocycles. The lowest BCUT2D eigenvalue weighted by atomic mass is 9.97. The lowest BCUT2D eigenvalue weighted by molar-refractivity contribution is -0.132. The van der Waals surface area contributed by atoms with E-state index in [0.717, 1.165) is 0 Å². The minimum Gasteiger partial charge on any atom is -0.478 e. The molecule has 0 radical (unpaired) electrons. The van der Waals surface area contributed by atoms with Gasteiger partial charge in [0.2, 0.25) is 0 Å². The first-order valence-electron chi connectivity index (χ1n) is 4.79. The fourth-order valence-corrected chi connectivity index (χ4v) is 1.02. The second-order valence-electron chi connectivity index (χ2n) is 3.44. The molecule has 0 atom stereocenters. The molecule has 0 rings (SSSR count). The number of aliphatic hydroxyl groups is 1. The quantitative estimate of drug-likeness (QED) is 0.532. The Labute approximate surface area is 84.6 Å². The maximum atomic E-state index is 10.4. The zero-order chi connectivity index (χ0) is 11.2. The minimum atomic E-state index is -1.01. The highest BCUT2D eigenvalue weighted by molar-refractivity contribution is 5.86. The first-order chi connectivity index (χ1) is 6.45. The van der Waals surface area contributed by atoms with E-state index in [9.17, 15) is 9.90 Å². The van der Waals surface area contributed by atoms with Crippen molar-refractivity contribution in [2.24, 2.45) is 0 Å². The third-order valence-corrected chi connectivity index (χ3v) is 2.41. The highest BCUT2D eigenvalue weighted by Gasteiger charge is 2.21. The van der Waals surface area contributed by atoms with Crippen LogP contribution in [0.5, 0.6) is 0 Å². The summed E-state index contributed by atoms with van der Waals surface area (Å²) in [5.41, 5.74) is -0.627. The molecule has 0 saturated carbocycles. The van der Waals surface area contributed by atoms with Crippen LogP contribution in [0.1, 0.15) is 26.7 Å². The molecule has 0 saturated heterocycles. The molecule has 3 N–H and O–H groups in total. The number of hydrogen-bond donors (Lipinski definition) is 3. The molecular formula is C10H19NO3. The van der Waals surface area contributed by atoms with Crippen molar-refractivity contribution in [3.05, 3.63) is 12.2 Å². The second kappa shape index (κ2) is 5.78. The summed E-state index contributed by atoms with van der Waals surface area (Å²) < 4.78 is 0. The summed E-state index contributed by atoms with van der Waals surface area (Å²) in [5.74, 6) is -1.01. The number of hydrogen-bond acceptors (Lipinski definition) is 3. The van der Waals surface area contributed by atoms with Gasteiger partial charge in [-0.1, -0.05) is 20.4 Å². The molecule has 0 aromatic heterocycles. The van der Waals surface area contributed by atoms with Gasteiger partial charge < -0.3 is 15.5 Å². The van der Waals surface area contributed by atoms with E-state index in [4.69, 9.17) is 5.11 Å². The average molecular weight is 201 g/mol. The lowest BCUT2D eigenvalue weighted by Gasteiger charge is -2.25. The topological polar surface area (TPSA) is 69.6 Å². The zero-order valence-corrected chi connectivity index (χ0v) is 8.84. The fourth-order valence-electron chi connectivity index (χ4n) is 1.02. The van der Waals surface area contributed by atoms with Crippen molar-refractivity contribution in [3.8, 4) is 0 Å². The molecule has 0 aliphatic heterocycles. The maximum Gasteiger partial charge on any atom is 0.332 e. The Bertz CT molecular complexity index is 209. The van der Waals surface area contributed by atoms with Gasteiger partial charge in [-0.05, 0) is 12.8 Å². The van der Waals surface area contributed by atoms with E-state index >= 15 is 0 Å². The summed E-state index contributed by atoms with van der Waals surface area (Å²) >= 11 is 0. The molecule has 0 aromatic carbocycles. The monoisotopic (exact) mass is 201 g/mol. The van der Waals surface area contributed by atoms with Crippen molar-refractivity contribution < 1.29 is 15.0 Å². The van der Waals surface area contributed by atoms with E-state index in [0.29, 0.717) is 19.4 Å². The molecule has 14 heavy (non-hydrogen) atoms. The van der Waals surface area contributed by atoms with Crippen LogP contribution in [-0.4, -0.2) is 34.9 Å². The van der Waals surface area contributed by atoms with Crippen LogP contribution < -0.4 is 5.32 Å². The normalized spacial score (nSPS) is 11.4. The van der Waals surface area contributed by atoms with Gasteiger partial charge in [-0.3, -0.25) is 0 Å². The molecule has 4 nitrogen and oxygen atoms in total. The number of nitrogens with one attached hydrogen (secondary N) is 1. The van der Waals surface area contributed by atoms with E-state index < -0.39 is 11.6 Å². The Morgan fingerprint density at radius 3 is 2.29 bits per heavy atom. The zero-order valence-electron chi connectivity index (χ0n) is 8.84. The fraction of sp³-hybridized carbons (Fsp3) is 0.700. The molecule has 82 valence electrons. The van der Waals surface area contributed by atoms with Crippen LogP contribution in [0.4, 0.5) is 0 Å². The molecule has 0 amide bonds. The van der Waals surface area contributed by atoms with Crippen LogP contribution in [-0.2, 0) is 4.79 Å². The van der Waals surface area contributed by atoms with Crippen molar-refractivity contribution in [1.82, 2.24) is 5.32 Å². The summed E-state index contributed by atoms with van der Waals surface area (Å²) in [6.45, 7) is 7.78. The Morgan fingerprint density at radius 1 is 1.43 bits per heavy atom. The standard InChI is InChI=1S/C10H19NO3/c1-4-10(14,5-2)7-11-6-8(3)9(12)13/h11,14H,3-7H2,1-2H3,(H,12,13). The van der Waals surface area contributed by atoms with Crippen molar-refractivity contribution in [2.45, 2.75) is 32.3 Å².